The van der Waals surface area contributed by atoms with Gasteiger partial charge in [0.15, 0.2) is 5.82 Å². The summed E-state index contributed by atoms with van der Waals surface area (Å²) in [4.78, 5) is 18.9. The van der Waals surface area contributed by atoms with Crippen molar-refractivity contribution < 1.29 is 4.79 Å². The monoisotopic (exact) mass is 437 g/mol. The molecule has 1 fully saturated rings. The number of benzene rings is 1. The van der Waals surface area contributed by atoms with Gasteiger partial charge in [0.1, 0.15) is 0 Å². The van der Waals surface area contributed by atoms with Crippen LogP contribution in [0.2, 0.25) is 0 Å². The van der Waals surface area contributed by atoms with E-state index in [1.807, 2.05) is 48.5 Å². The van der Waals surface area contributed by atoms with Gasteiger partial charge in [-0.15, -0.1) is 10.2 Å². The normalized spacial score (nSPS) is 16.6. The Morgan fingerprint density at radius 1 is 1.14 bits per heavy atom. The third-order valence-corrected chi connectivity index (χ3v) is 5.31. The summed E-state index contributed by atoms with van der Waals surface area (Å²) in [6.45, 7) is 1.52. The minimum absolute atomic E-state index is 0.0442. The van der Waals surface area contributed by atoms with Crippen molar-refractivity contribution >= 4 is 33.3 Å². The summed E-state index contributed by atoms with van der Waals surface area (Å²) in [5.41, 5.74) is 2.53. The SMILES string of the molecule is O=C(Nc1cccc(Br)c1)C1CCCN(c2ccc(-c3cccnc3)nn2)C1. The molecule has 0 radical (unpaired) electrons. The molecule has 7 heteroatoms. The number of aromatic nitrogens is 3. The number of nitrogens with one attached hydrogen (secondary N) is 1. The molecule has 1 unspecified atom stereocenters. The molecule has 2 aromatic heterocycles. The predicted molar refractivity (Wildman–Crippen MR) is 113 cm³/mol. The molecule has 1 atom stereocenters. The number of rotatable bonds is 4. The van der Waals surface area contributed by atoms with Gasteiger partial charge in [0.25, 0.3) is 0 Å². The fraction of sp³-hybridized carbons (Fsp3) is 0.238. The molecule has 1 aromatic carbocycles. The molecular weight excluding hydrogens is 418 g/mol. The molecule has 1 N–H and O–H groups in total. The van der Waals surface area contributed by atoms with Gasteiger partial charge >= 0.3 is 0 Å². The zero-order chi connectivity index (χ0) is 19.3. The van der Waals surface area contributed by atoms with Gasteiger partial charge in [-0.25, -0.2) is 0 Å². The molecule has 0 aliphatic carbocycles. The van der Waals surface area contributed by atoms with Crippen LogP contribution in [0.3, 0.4) is 0 Å². The summed E-state index contributed by atoms with van der Waals surface area (Å²) in [7, 11) is 0. The zero-order valence-corrected chi connectivity index (χ0v) is 16.8. The summed E-state index contributed by atoms with van der Waals surface area (Å²) in [6, 6.07) is 15.4. The highest BCUT2D eigenvalue weighted by atomic mass is 79.9. The van der Waals surface area contributed by atoms with Crippen molar-refractivity contribution in [3.8, 4) is 11.3 Å². The lowest BCUT2D eigenvalue weighted by Crippen LogP contribution is -2.41. The second kappa shape index (κ2) is 8.48. The van der Waals surface area contributed by atoms with Crippen molar-refractivity contribution in [2.24, 2.45) is 5.92 Å². The van der Waals surface area contributed by atoms with Gasteiger partial charge in [0, 0.05) is 41.2 Å². The molecular formula is C21H20BrN5O. The minimum Gasteiger partial charge on any atom is -0.354 e. The fourth-order valence-corrected chi connectivity index (χ4v) is 3.77. The Balaban J connectivity index is 1.42. The van der Waals surface area contributed by atoms with Gasteiger partial charge in [-0.3, -0.25) is 9.78 Å². The summed E-state index contributed by atoms with van der Waals surface area (Å²) in [5, 5.41) is 11.7. The van der Waals surface area contributed by atoms with Gasteiger partial charge in [-0.1, -0.05) is 22.0 Å². The Labute approximate surface area is 172 Å². The van der Waals surface area contributed by atoms with E-state index in [1.54, 1.807) is 12.4 Å². The van der Waals surface area contributed by atoms with Crippen LogP contribution in [0.4, 0.5) is 11.5 Å². The largest absolute Gasteiger partial charge is 0.354 e. The Kier molecular flexibility index (Phi) is 5.62. The molecule has 1 aliphatic heterocycles. The van der Waals surface area contributed by atoms with Gasteiger partial charge in [-0.2, -0.15) is 0 Å². The summed E-state index contributed by atoms with van der Waals surface area (Å²) >= 11 is 3.43. The molecule has 6 nitrogen and oxygen atoms in total. The summed E-state index contributed by atoms with van der Waals surface area (Å²) in [5.74, 6) is 0.767. The Bertz CT molecular complexity index is 949. The van der Waals surface area contributed by atoms with Crippen LogP contribution in [-0.2, 0) is 4.79 Å². The maximum atomic E-state index is 12.7. The number of carbonyl (C=O) groups is 1. The molecule has 1 aliphatic rings. The minimum atomic E-state index is -0.0764. The number of hydrogen-bond donors (Lipinski definition) is 1. The van der Waals surface area contributed by atoms with Crippen LogP contribution in [0.5, 0.6) is 0 Å². The maximum Gasteiger partial charge on any atom is 0.229 e. The second-order valence-electron chi connectivity index (χ2n) is 6.80. The number of nitrogens with zero attached hydrogens (tertiary/aromatic N) is 4. The fourth-order valence-electron chi connectivity index (χ4n) is 3.37. The first-order valence-corrected chi connectivity index (χ1v) is 10.0. The van der Waals surface area contributed by atoms with Crippen LogP contribution in [0.15, 0.2) is 65.4 Å². The van der Waals surface area contributed by atoms with Gasteiger partial charge < -0.3 is 10.2 Å². The van der Waals surface area contributed by atoms with E-state index in [0.29, 0.717) is 6.54 Å². The van der Waals surface area contributed by atoms with Crippen molar-refractivity contribution in [3.05, 3.63) is 65.4 Å². The molecule has 1 saturated heterocycles. The first-order valence-electron chi connectivity index (χ1n) is 9.24. The highest BCUT2D eigenvalue weighted by molar-refractivity contribution is 9.10. The standard InChI is InChI=1S/C21H20BrN5O/c22-17-6-1-7-18(12-17)24-21(28)16-5-3-11-27(14-16)20-9-8-19(25-26-20)15-4-2-10-23-13-15/h1-2,4,6-10,12-13,16H,3,5,11,14H2,(H,24,28). The van der Waals surface area contributed by atoms with Crippen LogP contribution in [0, 0.1) is 5.92 Å². The van der Waals surface area contributed by atoms with Crippen LogP contribution >= 0.6 is 15.9 Å². The Morgan fingerprint density at radius 3 is 2.82 bits per heavy atom. The maximum absolute atomic E-state index is 12.7. The summed E-state index contributed by atoms with van der Waals surface area (Å²) < 4.78 is 0.944. The van der Waals surface area contributed by atoms with Gasteiger partial charge in [0.05, 0.1) is 11.6 Å². The molecule has 0 bridgehead atoms. The number of hydrogen-bond acceptors (Lipinski definition) is 5. The smallest absolute Gasteiger partial charge is 0.229 e. The van der Waals surface area contributed by atoms with E-state index < -0.39 is 0 Å². The van der Waals surface area contributed by atoms with E-state index in [-0.39, 0.29) is 11.8 Å². The van der Waals surface area contributed by atoms with Crippen molar-refractivity contribution in [1.82, 2.24) is 15.2 Å². The van der Waals surface area contributed by atoms with E-state index in [0.717, 1.165) is 46.6 Å². The lowest BCUT2D eigenvalue weighted by atomic mass is 9.97. The van der Waals surface area contributed by atoms with E-state index in [9.17, 15) is 4.79 Å². The quantitative estimate of drug-likeness (QED) is 0.663. The molecule has 0 spiro atoms. The van der Waals surface area contributed by atoms with Crippen molar-refractivity contribution in [2.45, 2.75) is 12.8 Å². The van der Waals surface area contributed by atoms with Crippen molar-refractivity contribution in [3.63, 3.8) is 0 Å². The van der Waals surface area contributed by atoms with Crippen LogP contribution in [0.25, 0.3) is 11.3 Å². The van der Waals surface area contributed by atoms with Crippen LogP contribution < -0.4 is 10.2 Å². The van der Waals surface area contributed by atoms with Crippen LogP contribution in [-0.4, -0.2) is 34.2 Å². The van der Waals surface area contributed by atoms with E-state index in [4.69, 9.17) is 0 Å². The molecule has 1 amide bonds. The second-order valence-corrected chi connectivity index (χ2v) is 7.72. The van der Waals surface area contributed by atoms with Gasteiger partial charge in [0.2, 0.25) is 5.91 Å². The third-order valence-electron chi connectivity index (χ3n) is 4.82. The number of anilines is 2. The number of pyridine rings is 1. The molecule has 142 valence electrons. The number of piperidine rings is 1. The number of carbonyl (C=O) groups excluding carboxylic acids is 1. The lowest BCUT2D eigenvalue weighted by Gasteiger charge is -2.32. The van der Waals surface area contributed by atoms with Crippen molar-refractivity contribution in [2.75, 3.05) is 23.3 Å². The number of halogens is 1. The zero-order valence-electron chi connectivity index (χ0n) is 15.3. The molecule has 3 heterocycles. The topological polar surface area (TPSA) is 71.0 Å². The lowest BCUT2D eigenvalue weighted by molar-refractivity contribution is -0.120. The highest BCUT2D eigenvalue weighted by Gasteiger charge is 2.27. The van der Waals surface area contributed by atoms with E-state index in [1.165, 1.54) is 0 Å². The number of amides is 1. The van der Waals surface area contributed by atoms with E-state index in [2.05, 4.69) is 41.3 Å². The van der Waals surface area contributed by atoms with Crippen LogP contribution in [0.1, 0.15) is 12.8 Å². The highest BCUT2D eigenvalue weighted by Crippen LogP contribution is 2.24. The Morgan fingerprint density at radius 2 is 2.07 bits per heavy atom. The van der Waals surface area contributed by atoms with E-state index >= 15 is 0 Å². The Hall–Kier alpha value is -2.80. The first-order chi connectivity index (χ1) is 13.7. The molecule has 3 aromatic rings. The average Bonchev–Trinajstić information content (AvgIpc) is 2.75. The molecule has 28 heavy (non-hydrogen) atoms. The van der Waals surface area contributed by atoms with Crippen molar-refractivity contribution in [1.29, 1.82) is 0 Å². The molecule has 0 saturated carbocycles. The summed E-state index contributed by atoms with van der Waals surface area (Å²) in [6.07, 6.45) is 5.32. The first kappa shape index (κ1) is 18.6. The predicted octanol–water partition coefficient (Wildman–Crippen LogP) is 4.16. The third kappa shape index (κ3) is 4.36. The molecule has 4 rings (SSSR count). The average molecular weight is 438 g/mol. The van der Waals surface area contributed by atoms with Gasteiger partial charge in [-0.05, 0) is 55.3 Å².